The van der Waals surface area contributed by atoms with E-state index in [1.54, 1.807) is 11.4 Å². The van der Waals surface area contributed by atoms with Gasteiger partial charge in [0.2, 0.25) is 0 Å². The van der Waals surface area contributed by atoms with Gasteiger partial charge in [0.15, 0.2) is 5.78 Å². The van der Waals surface area contributed by atoms with Gasteiger partial charge in [-0.15, -0.1) is 11.3 Å². The number of thiophene rings is 1. The molecule has 1 atom stereocenters. The summed E-state index contributed by atoms with van der Waals surface area (Å²) >= 11 is 1.32. The van der Waals surface area contributed by atoms with Crippen LogP contribution < -0.4 is 10.6 Å². The Morgan fingerprint density at radius 1 is 1.59 bits per heavy atom. The van der Waals surface area contributed by atoms with Crippen molar-refractivity contribution in [1.29, 1.82) is 0 Å². The monoisotopic (exact) mass is 252 g/mol. The summed E-state index contributed by atoms with van der Waals surface area (Å²) in [6.07, 6.45) is 2.29. The van der Waals surface area contributed by atoms with Gasteiger partial charge in [-0.05, 0) is 32.4 Å². The van der Waals surface area contributed by atoms with E-state index in [0.29, 0.717) is 23.0 Å². The first-order chi connectivity index (χ1) is 8.16. The summed E-state index contributed by atoms with van der Waals surface area (Å²) in [6, 6.07) is 2.05. The molecule has 1 unspecified atom stereocenters. The Bertz CT molecular complexity index is 422. The summed E-state index contributed by atoms with van der Waals surface area (Å²) in [7, 11) is 0. The van der Waals surface area contributed by atoms with Crippen LogP contribution in [0, 0.1) is 0 Å². The van der Waals surface area contributed by atoms with Gasteiger partial charge >= 0.3 is 0 Å². The molecule has 2 heterocycles. The number of nitrogens with one attached hydrogen (secondary N) is 2. The predicted octanol–water partition coefficient (Wildman–Crippen LogP) is 1.43. The highest BCUT2D eigenvalue weighted by molar-refractivity contribution is 7.12. The number of rotatable bonds is 4. The van der Waals surface area contributed by atoms with Gasteiger partial charge in [0.25, 0.3) is 5.91 Å². The third-order valence-corrected chi connectivity index (χ3v) is 3.83. The topological polar surface area (TPSA) is 58.2 Å². The van der Waals surface area contributed by atoms with Gasteiger partial charge in [0.05, 0.1) is 4.88 Å². The van der Waals surface area contributed by atoms with Crippen molar-refractivity contribution in [3.05, 3.63) is 21.9 Å². The van der Waals surface area contributed by atoms with E-state index in [-0.39, 0.29) is 11.7 Å². The molecule has 1 aliphatic rings. The highest BCUT2D eigenvalue weighted by Gasteiger charge is 2.16. The Hall–Kier alpha value is -1.20. The molecule has 92 valence electrons. The van der Waals surface area contributed by atoms with E-state index in [4.69, 9.17) is 0 Å². The molecule has 1 amide bonds. The lowest BCUT2D eigenvalue weighted by Gasteiger charge is -2.10. The fraction of sp³-hybridized carbons (Fsp3) is 0.500. The Morgan fingerprint density at radius 3 is 3.00 bits per heavy atom. The fourth-order valence-corrected chi connectivity index (χ4v) is 2.74. The summed E-state index contributed by atoms with van der Waals surface area (Å²) in [6.45, 7) is 3.20. The molecule has 1 fully saturated rings. The minimum atomic E-state index is -0.0869. The molecule has 1 aromatic heterocycles. The van der Waals surface area contributed by atoms with Crippen LogP contribution in [0.1, 0.15) is 39.8 Å². The second-order valence-electron chi connectivity index (χ2n) is 4.26. The van der Waals surface area contributed by atoms with E-state index in [9.17, 15) is 9.59 Å². The smallest absolute Gasteiger partial charge is 0.261 e. The van der Waals surface area contributed by atoms with Gasteiger partial charge in [0, 0.05) is 23.5 Å². The summed E-state index contributed by atoms with van der Waals surface area (Å²) in [5.74, 6) is -0.0889. The third-order valence-electron chi connectivity index (χ3n) is 2.90. The fourth-order valence-electron chi connectivity index (χ4n) is 1.87. The van der Waals surface area contributed by atoms with Crippen molar-refractivity contribution >= 4 is 23.0 Å². The Kier molecular flexibility index (Phi) is 3.91. The van der Waals surface area contributed by atoms with Crippen molar-refractivity contribution < 1.29 is 9.59 Å². The highest BCUT2D eigenvalue weighted by Crippen LogP contribution is 2.15. The predicted molar refractivity (Wildman–Crippen MR) is 67.7 cm³/mol. The quantitative estimate of drug-likeness (QED) is 0.797. The van der Waals surface area contributed by atoms with Crippen molar-refractivity contribution in [2.24, 2.45) is 0 Å². The van der Waals surface area contributed by atoms with Crippen LogP contribution in [-0.4, -0.2) is 30.8 Å². The number of carbonyl (C=O) groups excluding carboxylic acids is 2. The minimum Gasteiger partial charge on any atom is -0.350 e. The van der Waals surface area contributed by atoms with Crippen molar-refractivity contribution in [1.82, 2.24) is 10.6 Å². The normalized spacial score (nSPS) is 19.2. The van der Waals surface area contributed by atoms with Crippen molar-refractivity contribution in [3.63, 3.8) is 0 Å². The van der Waals surface area contributed by atoms with Crippen molar-refractivity contribution in [2.75, 3.05) is 13.1 Å². The van der Waals surface area contributed by atoms with Gasteiger partial charge in [-0.1, -0.05) is 0 Å². The lowest BCUT2D eigenvalue weighted by atomic mass is 10.2. The minimum absolute atomic E-state index is 0.00207. The molecule has 0 radical (unpaired) electrons. The first kappa shape index (κ1) is 12.3. The molecule has 0 aliphatic carbocycles. The molecule has 0 spiro atoms. The zero-order valence-corrected chi connectivity index (χ0v) is 10.6. The number of ketones is 1. The van der Waals surface area contributed by atoms with Gasteiger partial charge < -0.3 is 10.6 Å². The van der Waals surface area contributed by atoms with E-state index in [0.717, 1.165) is 13.0 Å². The second kappa shape index (κ2) is 5.42. The van der Waals surface area contributed by atoms with Gasteiger partial charge in [-0.25, -0.2) is 0 Å². The summed E-state index contributed by atoms with van der Waals surface area (Å²) in [5.41, 5.74) is 0.610. The number of carbonyl (C=O) groups is 2. The van der Waals surface area contributed by atoms with E-state index in [2.05, 4.69) is 10.6 Å². The lowest BCUT2D eigenvalue weighted by molar-refractivity contribution is 0.0954. The van der Waals surface area contributed by atoms with Crippen LogP contribution in [0.3, 0.4) is 0 Å². The van der Waals surface area contributed by atoms with Crippen LogP contribution in [0.25, 0.3) is 0 Å². The second-order valence-corrected chi connectivity index (χ2v) is 5.17. The molecule has 5 heteroatoms. The molecular weight excluding hydrogens is 236 g/mol. The van der Waals surface area contributed by atoms with E-state index < -0.39 is 0 Å². The van der Waals surface area contributed by atoms with Gasteiger partial charge in [0.1, 0.15) is 0 Å². The molecule has 1 aliphatic heterocycles. The van der Waals surface area contributed by atoms with Gasteiger partial charge in [-0.2, -0.15) is 0 Å². The van der Waals surface area contributed by atoms with Crippen LogP contribution in [0.4, 0.5) is 0 Å². The standard InChI is InChI=1S/C12H16N2O2S/c1-8(15)9-5-11(17-7-9)12(16)14-6-10-3-2-4-13-10/h5,7,10,13H,2-4,6H2,1H3,(H,14,16). The molecule has 4 nitrogen and oxygen atoms in total. The average Bonchev–Trinajstić information content (AvgIpc) is 2.96. The van der Waals surface area contributed by atoms with Crippen molar-refractivity contribution in [2.45, 2.75) is 25.8 Å². The largest absolute Gasteiger partial charge is 0.350 e. The third kappa shape index (κ3) is 3.14. The molecule has 17 heavy (non-hydrogen) atoms. The zero-order chi connectivity index (χ0) is 12.3. The van der Waals surface area contributed by atoms with Crippen LogP contribution in [-0.2, 0) is 0 Å². The maximum Gasteiger partial charge on any atom is 0.261 e. The molecule has 1 saturated heterocycles. The first-order valence-corrected chi connectivity index (χ1v) is 6.66. The number of Topliss-reactive ketones (excluding diaryl/α,β-unsaturated/α-hetero) is 1. The lowest BCUT2D eigenvalue weighted by Crippen LogP contribution is -2.36. The maximum atomic E-state index is 11.8. The number of amides is 1. The molecule has 0 aromatic carbocycles. The van der Waals surface area contributed by atoms with E-state index in [1.165, 1.54) is 24.7 Å². The summed E-state index contributed by atoms with van der Waals surface area (Å²) in [4.78, 5) is 23.5. The number of hydrogen-bond acceptors (Lipinski definition) is 4. The Labute approximate surface area is 104 Å². The van der Waals surface area contributed by atoms with Crippen LogP contribution in [0.2, 0.25) is 0 Å². The van der Waals surface area contributed by atoms with E-state index >= 15 is 0 Å². The molecule has 0 saturated carbocycles. The highest BCUT2D eigenvalue weighted by atomic mass is 32.1. The molecule has 0 bridgehead atoms. The zero-order valence-electron chi connectivity index (χ0n) is 9.79. The van der Waals surface area contributed by atoms with Crippen molar-refractivity contribution in [3.8, 4) is 0 Å². The van der Waals surface area contributed by atoms with Crippen LogP contribution in [0.15, 0.2) is 11.4 Å². The number of hydrogen-bond donors (Lipinski definition) is 2. The Morgan fingerprint density at radius 2 is 2.41 bits per heavy atom. The Balaban J connectivity index is 1.87. The summed E-state index contributed by atoms with van der Waals surface area (Å²) in [5, 5.41) is 7.94. The van der Waals surface area contributed by atoms with Crippen LogP contribution in [0.5, 0.6) is 0 Å². The molecule has 2 rings (SSSR count). The van der Waals surface area contributed by atoms with Crippen LogP contribution >= 0.6 is 11.3 Å². The first-order valence-electron chi connectivity index (χ1n) is 5.78. The maximum absolute atomic E-state index is 11.8. The van der Waals surface area contributed by atoms with Gasteiger partial charge in [-0.3, -0.25) is 9.59 Å². The molecule has 1 aromatic rings. The SMILES string of the molecule is CC(=O)c1csc(C(=O)NCC2CCCN2)c1. The average molecular weight is 252 g/mol. The summed E-state index contributed by atoms with van der Waals surface area (Å²) < 4.78 is 0. The molecular formula is C12H16N2O2S. The molecule has 2 N–H and O–H groups in total. The van der Waals surface area contributed by atoms with E-state index in [1.807, 2.05) is 0 Å².